The van der Waals surface area contributed by atoms with E-state index in [0.717, 1.165) is 0 Å². The highest BCUT2D eigenvalue weighted by Crippen LogP contribution is 2.17. The third-order valence-electron chi connectivity index (χ3n) is 3.70. The van der Waals surface area contributed by atoms with Gasteiger partial charge in [0.2, 0.25) is 0 Å². The second-order valence-corrected chi connectivity index (χ2v) is 5.76. The van der Waals surface area contributed by atoms with Gasteiger partial charge < -0.3 is 0 Å². The summed E-state index contributed by atoms with van der Waals surface area (Å²) >= 11 is 0. The van der Waals surface area contributed by atoms with Crippen LogP contribution in [0.2, 0.25) is 0 Å². The Kier molecular flexibility index (Phi) is 5.27. The lowest BCUT2D eigenvalue weighted by atomic mass is 10.2. The van der Waals surface area contributed by atoms with Gasteiger partial charge in [-0.15, -0.1) is 0 Å². The van der Waals surface area contributed by atoms with E-state index in [9.17, 15) is 8.78 Å². The van der Waals surface area contributed by atoms with E-state index >= 15 is 0 Å². The van der Waals surface area contributed by atoms with Crippen molar-refractivity contribution in [2.24, 2.45) is 9.98 Å². The van der Waals surface area contributed by atoms with Crippen LogP contribution in [-0.2, 0) is 0 Å². The van der Waals surface area contributed by atoms with E-state index in [1.165, 1.54) is 24.3 Å². The molecule has 0 unspecified atom stereocenters. The lowest BCUT2D eigenvalue weighted by Gasteiger charge is -2.05. The van der Waals surface area contributed by atoms with E-state index in [2.05, 4.69) is 15.0 Å². The van der Waals surface area contributed by atoms with Crippen LogP contribution in [-0.4, -0.2) is 16.4 Å². The van der Waals surface area contributed by atoms with Crippen molar-refractivity contribution in [3.05, 3.63) is 89.8 Å². The molecule has 0 saturated heterocycles. The molecule has 3 rings (SSSR count). The molecule has 0 N–H and O–H groups in total. The standard InChI is InChI=1S/C21H17F2N3/c1-14(24-18-8-3-6-16(22)12-18)20-10-5-11-21(26-20)15(2)25-19-9-4-7-17(23)13-19/h3-13H,1-2H3. The van der Waals surface area contributed by atoms with Gasteiger partial charge >= 0.3 is 0 Å². The number of aliphatic imine (C=N–C) groups is 2. The first-order chi connectivity index (χ1) is 12.5. The fourth-order valence-corrected chi connectivity index (χ4v) is 2.43. The molecule has 26 heavy (non-hydrogen) atoms. The second kappa shape index (κ2) is 7.78. The molecule has 0 aliphatic carbocycles. The maximum Gasteiger partial charge on any atom is 0.125 e. The van der Waals surface area contributed by atoms with E-state index in [0.29, 0.717) is 34.2 Å². The van der Waals surface area contributed by atoms with Crippen molar-refractivity contribution in [3.63, 3.8) is 0 Å². The molecular weight excluding hydrogens is 332 g/mol. The van der Waals surface area contributed by atoms with E-state index < -0.39 is 0 Å². The Hall–Kier alpha value is -3.21. The highest BCUT2D eigenvalue weighted by atomic mass is 19.1. The lowest BCUT2D eigenvalue weighted by Crippen LogP contribution is -2.05. The molecule has 1 aromatic heterocycles. The van der Waals surface area contributed by atoms with Crippen LogP contribution in [0.3, 0.4) is 0 Å². The van der Waals surface area contributed by atoms with Crippen LogP contribution in [0.5, 0.6) is 0 Å². The maximum atomic E-state index is 13.3. The summed E-state index contributed by atoms with van der Waals surface area (Å²) in [7, 11) is 0. The Morgan fingerprint density at radius 3 is 1.54 bits per heavy atom. The normalized spacial score (nSPS) is 12.3. The van der Waals surface area contributed by atoms with E-state index in [1.807, 2.05) is 32.0 Å². The zero-order chi connectivity index (χ0) is 18.5. The molecular formula is C21H17F2N3. The maximum absolute atomic E-state index is 13.3. The van der Waals surface area contributed by atoms with Gasteiger partial charge in [0.15, 0.2) is 0 Å². The zero-order valence-electron chi connectivity index (χ0n) is 14.4. The number of halogens is 2. The molecule has 0 fully saturated rings. The second-order valence-electron chi connectivity index (χ2n) is 5.76. The minimum atomic E-state index is -0.334. The van der Waals surface area contributed by atoms with Gasteiger partial charge in [0.25, 0.3) is 0 Å². The first-order valence-corrected chi connectivity index (χ1v) is 8.11. The van der Waals surface area contributed by atoms with Gasteiger partial charge in [-0.3, -0.25) is 9.98 Å². The van der Waals surface area contributed by atoms with Crippen molar-refractivity contribution < 1.29 is 8.78 Å². The topological polar surface area (TPSA) is 37.6 Å². The van der Waals surface area contributed by atoms with E-state index in [-0.39, 0.29) is 11.6 Å². The average molecular weight is 349 g/mol. The Bertz CT molecular complexity index is 917. The fraction of sp³-hybridized carbons (Fsp3) is 0.0952. The molecule has 5 heteroatoms. The molecule has 3 aromatic rings. The molecule has 0 radical (unpaired) electrons. The first-order valence-electron chi connectivity index (χ1n) is 8.11. The van der Waals surface area contributed by atoms with Crippen LogP contribution in [0.4, 0.5) is 20.2 Å². The lowest BCUT2D eigenvalue weighted by molar-refractivity contribution is 0.628. The van der Waals surface area contributed by atoms with Gasteiger partial charge in [0.1, 0.15) is 11.6 Å². The minimum absolute atomic E-state index is 0.334. The number of aromatic nitrogens is 1. The van der Waals surface area contributed by atoms with Crippen LogP contribution < -0.4 is 0 Å². The smallest absolute Gasteiger partial charge is 0.125 e. The van der Waals surface area contributed by atoms with Gasteiger partial charge in [-0.2, -0.15) is 0 Å². The monoisotopic (exact) mass is 349 g/mol. The summed E-state index contributed by atoms with van der Waals surface area (Å²) in [6, 6.07) is 17.7. The van der Waals surface area contributed by atoms with Crippen molar-refractivity contribution >= 4 is 22.8 Å². The summed E-state index contributed by atoms with van der Waals surface area (Å²) in [6.45, 7) is 3.63. The Labute approximate surface area is 150 Å². The number of rotatable bonds is 4. The Balaban J connectivity index is 1.90. The van der Waals surface area contributed by atoms with Crippen molar-refractivity contribution in [1.29, 1.82) is 0 Å². The van der Waals surface area contributed by atoms with Gasteiger partial charge in [-0.05, 0) is 62.4 Å². The Morgan fingerprint density at radius 1 is 0.692 bits per heavy atom. The Morgan fingerprint density at radius 2 is 1.12 bits per heavy atom. The number of hydrogen-bond acceptors (Lipinski definition) is 3. The molecule has 0 aliphatic rings. The van der Waals surface area contributed by atoms with Gasteiger partial charge in [0, 0.05) is 0 Å². The molecule has 0 atom stereocenters. The molecule has 3 nitrogen and oxygen atoms in total. The minimum Gasteiger partial charge on any atom is -0.251 e. The van der Waals surface area contributed by atoms with E-state index in [1.54, 1.807) is 24.3 Å². The van der Waals surface area contributed by atoms with Gasteiger partial charge in [0.05, 0.1) is 34.2 Å². The molecule has 1 heterocycles. The summed E-state index contributed by atoms with van der Waals surface area (Å²) in [5.74, 6) is -0.669. The molecule has 0 amide bonds. The van der Waals surface area contributed by atoms with Crippen molar-refractivity contribution in [1.82, 2.24) is 4.98 Å². The molecule has 130 valence electrons. The van der Waals surface area contributed by atoms with Crippen LogP contribution >= 0.6 is 0 Å². The predicted molar refractivity (Wildman–Crippen MR) is 101 cm³/mol. The van der Waals surface area contributed by atoms with Crippen molar-refractivity contribution in [2.75, 3.05) is 0 Å². The highest BCUT2D eigenvalue weighted by molar-refractivity contribution is 6.02. The SMILES string of the molecule is CC(=Nc1cccc(F)c1)c1cccc(C(C)=Nc2cccc(F)c2)n1. The summed E-state index contributed by atoms with van der Waals surface area (Å²) in [6.07, 6.45) is 0. The quantitative estimate of drug-likeness (QED) is 0.562. The summed E-state index contributed by atoms with van der Waals surface area (Å²) in [5.41, 5.74) is 3.72. The van der Waals surface area contributed by atoms with Crippen LogP contribution in [0.15, 0.2) is 76.7 Å². The van der Waals surface area contributed by atoms with E-state index in [4.69, 9.17) is 0 Å². The molecule has 0 saturated carbocycles. The summed E-state index contributed by atoms with van der Waals surface area (Å²) in [4.78, 5) is 13.4. The largest absolute Gasteiger partial charge is 0.251 e. The third-order valence-corrected chi connectivity index (χ3v) is 3.70. The zero-order valence-corrected chi connectivity index (χ0v) is 14.4. The molecule has 0 bridgehead atoms. The molecule has 0 aliphatic heterocycles. The predicted octanol–water partition coefficient (Wildman–Crippen LogP) is 5.64. The third kappa shape index (κ3) is 4.45. The van der Waals surface area contributed by atoms with Gasteiger partial charge in [-0.1, -0.05) is 18.2 Å². The van der Waals surface area contributed by atoms with Crippen LogP contribution in [0, 0.1) is 11.6 Å². The fourth-order valence-electron chi connectivity index (χ4n) is 2.43. The number of nitrogens with zero attached hydrogens (tertiary/aromatic N) is 3. The summed E-state index contributed by atoms with van der Waals surface area (Å²) < 4.78 is 26.6. The molecule has 2 aromatic carbocycles. The number of pyridine rings is 1. The molecule has 0 spiro atoms. The average Bonchev–Trinajstić information content (AvgIpc) is 2.62. The van der Waals surface area contributed by atoms with Gasteiger partial charge in [-0.25, -0.2) is 13.8 Å². The summed E-state index contributed by atoms with van der Waals surface area (Å²) in [5, 5.41) is 0. The number of hydrogen-bond donors (Lipinski definition) is 0. The first kappa shape index (κ1) is 17.6. The number of benzene rings is 2. The van der Waals surface area contributed by atoms with Crippen molar-refractivity contribution in [2.45, 2.75) is 13.8 Å². The van der Waals surface area contributed by atoms with Crippen molar-refractivity contribution in [3.8, 4) is 0 Å². The highest BCUT2D eigenvalue weighted by Gasteiger charge is 2.05. The van der Waals surface area contributed by atoms with Crippen LogP contribution in [0.25, 0.3) is 0 Å². The van der Waals surface area contributed by atoms with Crippen LogP contribution in [0.1, 0.15) is 25.2 Å².